The fourth-order valence-electron chi connectivity index (χ4n) is 1.88. The SMILES string of the molecule is CC(C(=O)O)C(=O)N[C@@H]1C[C@H]1c1cccc(F)c1. The second-order valence-electron chi connectivity index (χ2n) is 4.57. The quantitative estimate of drug-likeness (QED) is 0.797. The van der Waals surface area contributed by atoms with Gasteiger partial charge in [0.2, 0.25) is 5.91 Å². The molecule has 0 aromatic heterocycles. The van der Waals surface area contributed by atoms with Crippen LogP contribution in [0.2, 0.25) is 0 Å². The Hall–Kier alpha value is -1.91. The number of carbonyl (C=O) groups excluding carboxylic acids is 1. The molecule has 1 saturated carbocycles. The van der Waals surface area contributed by atoms with E-state index < -0.39 is 17.8 Å². The molecule has 1 aromatic rings. The molecule has 2 rings (SSSR count). The predicted molar refractivity (Wildman–Crippen MR) is 62.5 cm³/mol. The summed E-state index contributed by atoms with van der Waals surface area (Å²) < 4.78 is 13.0. The van der Waals surface area contributed by atoms with Gasteiger partial charge in [0.05, 0.1) is 0 Å². The van der Waals surface area contributed by atoms with Gasteiger partial charge in [-0.2, -0.15) is 0 Å². The van der Waals surface area contributed by atoms with Crippen LogP contribution in [-0.4, -0.2) is 23.0 Å². The standard InChI is InChI=1S/C13H14FNO3/c1-7(13(17)18)12(16)15-11-6-10(11)8-3-2-4-9(14)5-8/h2-5,7,10-11H,6H2,1H3,(H,15,16)(H,17,18)/t7?,10-,11+/m0/s1. The van der Waals surface area contributed by atoms with Crippen molar-refractivity contribution in [1.29, 1.82) is 0 Å². The second-order valence-corrected chi connectivity index (χ2v) is 4.57. The molecule has 0 bridgehead atoms. The largest absolute Gasteiger partial charge is 0.481 e. The number of benzene rings is 1. The van der Waals surface area contributed by atoms with E-state index in [0.29, 0.717) is 0 Å². The van der Waals surface area contributed by atoms with Crippen LogP contribution in [0.25, 0.3) is 0 Å². The lowest BCUT2D eigenvalue weighted by Gasteiger charge is -2.08. The van der Waals surface area contributed by atoms with Crippen molar-refractivity contribution in [3.8, 4) is 0 Å². The first-order chi connectivity index (χ1) is 8.49. The Morgan fingerprint density at radius 1 is 1.50 bits per heavy atom. The van der Waals surface area contributed by atoms with Crippen molar-refractivity contribution < 1.29 is 19.1 Å². The first-order valence-electron chi connectivity index (χ1n) is 5.77. The first kappa shape index (κ1) is 12.5. The zero-order valence-electron chi connectivity index (χ0n) is 9.89. The number of hydrogen-bond acceptors (Lipinski definition) is 2. The van der Waals surface area contributed by atoms with Gasteiger partial charge in [-0.05, 0) is 31.0 Å². The molecule has 96 valence electrons. The summed E-state index contributed by atoms with van der Waals surface area (Å²) in [6, 6.07) is 6.16. The highest BCUT2D eigenvalue weighted by Crippen LogP contribution is 2.40. The molecule has 1 aliphatic carbocycles. The lowest BCUT2D eigenvalue weighted by Crippen LogP contribution is -2.35. The fourth-order valence-corrected chi connectivity index (χ4v) is 1.88. The number of carboxylic acids is 1. The number of halogens is 1. The average Bonchev–Trinajstić information content (AvgIpc) is 3.07. The molecule has 1 amide bonds. The summed E-state index contributed by atoms with van der Waals surface area (Å²) in [6.07, 6.45) is 0.724. The Morgan fingerprint density at radius 2 is 2.22 bits per heavy atom. The second kappa shape index (κ2) is 4.76. The summed E-state index contributed by atoms with van der Waals surface area (Å²) in [5.41, 5.74) is 0.836. The van der Waals surface area contributed by atoms with E-state index in [1.165, 1.54) is 19.1 Å². The van der Waals surface area contributed by atoms with E-state index in [4.69, 9.17) is 5.11 Å². The predicted octanol–water partition coefficient (Wildman–Crippen LogP) is 1.52. The highest BCUT2D eigenvalue weighted by atomic mass is 19.1. The number of hydrogen-bond donors (Lipinski definition) is 2. The first-order valence-corrected chi connectivity index (χ1v) is 5.77. The van der Waals surface area contributed by atoms with Gasteiger partial charge in [-0.15, -0.1) is 0 Å². The molecule has 4 nitrogen and oxygen atoms in total. The summed E-state index contributed by atoms with van der Waals surface area (Å²) in [5.74, 6) is -2.91. The third-order valence-corrected chi connectivity index (χ3v) is 3.16. The molecule has 1 aromatic carbocycles. The van der Waals surface area contributed by atoms with Crippen molar-refractivity contribution in [3.05, 3.63) is 35.6 Å². The number of rotatable bonds is 4. The smallest absolute Gasteiger partial charge is 0.315 e. The van der Waals surface area contributed by atoms with Crippen LogP contribution in [0, 0.1) is 11.7 Å². The van der Waals surface area contributed by atoms with Gasteiger partial charge in [0.1, 0.15) is 11.7 Å². The Labute approximate surface area is 104 Å². The van der Waals surface area contributed by atoms with Gasteiger partial charge >= 0.3 is 5.97 Å². The minimum atomic E-state index is -1.14. The van der Waals surface area contributed by atoms with Crippen molar-refractivity contribution in [3.63, 3.8) is 0 Å². The molecule has 2 N–H and O–H groups in total. The fraction of sp³-hybridized carbons (Fsp3) is 0.385. The van der Waals surface area contributed by atoms with Crippen molar-refractivity contribution >= 4 is 11.9 Å². The normalized spacial score (nSPS) is 23.2. The third kappa shape index (κ3) is 2.67. The van der Waals surface area contributed by atoms with Gasteiger partial charge in [0.25, 0.3) is 0 Å². The molecule has 0 heterocycles. The lowest BCUT2D eigenvalue weighted by molar-refractivity contribution is -0.146. The zero-order valence-corrected chi connectivity index (χ0v) is 9.89. The summed E-state index contributed by atoms with van der Waals surface area (Å²) in [7, 11) is 0. The topological polar surface area (TPSA) is 66.4 Å². The summed E-state index contributed by atoms with van der Waals surface area (Å²) >= 11 is 0. The van der Waals surface area contributed by atoms with Crippen LogP contribution in [0.15, 0.2) is 24.3 Å². The highest BCUT2D eigenvalue weighted by molar-refractivity contribution is 5.96. The molecule has 5 heteroatoms. The Bertz CT molecular complexity index is 489. The number of carbonyl (C=O) groups is 2. The van der Waals surface area contributed by atoms with Crippen molar-refractivity contribution in [2.45, 2.75) is 25.3 Å². The van der Waals surface area contributed by atoms with Crippen molar-refractivity contribution in [2.75, 3.05) is 0 Å². The maximum atomic E-state index is 13.0. The van der Waals surface area contributed by atoms with Gasteiger partial charge < -0.3 is 10.4 Å². The summed E-state index contributed by atoms with van der Waals surface area (Å²) in [4.78, 5) is 22.1. The monoisotopic (exact) mass is 251 g/mol. The van der Waals surface area contributed by atoms with Crippen LogP contribution in [0.5, 0.6) is 0 Å². The molecular formula is C13H14FNO3. The number of aliphatic carboxylic acids is 1. The molecule has 0 saturated heterocycles. The third-order valence-electron chi connectivity index (χ3n) is 3.16. The Balaban J connectivity index is 1.92. The van der Waals surface area contributed by atoms with Crippen LogP contribution in [0.3, 0.4) is 0 Å². The van der Waals surface area contributed by atoms with E-state index in [1.807, 2.05) is 0 Å². The molecule has 0 radical (unpaired) electrons. The van der Waals surface area contributed by atoms with Gasteiger partial charge in [0, 0.05) is 12.0 Å². The lowest BCUT2D eigenvalue weighted by atomic mass is 10.1. The van der Waals surface area contributed by atoms with E-state index in [1.54, 1.807) is 12.1 Å². The molecule has 3 atom stereocenters. The van der Waals surface area contributed by atoms with Crippen molar-refractivity contribution in [1.82, 2.24) is 5.32 Å². The minimum absolute atomic E-state index is 0.0823. The highest BCUT2D eigenvalue weighted by Gasteiger charge is 2.40. The summed E-state index contributed by atoms with van der Waals surface area (Å²) in [5, 5.41) is 11.4. The van der Waals surface area contributed by atoms with Crippen LogP contribution < -0.4 is 5.32 Å². The maximum Gasteiger partial charge on any atom is 0.315 e. The van der Waals surface area contributed by atoms with Gasteiger partial charge in [-0.25, -0.2) is 4.39 Å². The number of amides is 1. The summed E-state index contributed by atoms with van der Waals surface area (Å²) in [6.45, 7) is 1.34. The average molecular weight is 251 g/mol. The zero-order chi connectivity index (χ0) is 13.3. The van der Waals surface area contributed by atoms with Crippen molar-refractivity contribution in [2.24, 2.45) is 5.92 Å². The minimum Gasteiger partial charge on any atom is -0.481 e. The van der Waals surface area contributed by atoms with Gasteiger partial charge in [-0.3, -0.25) is 9.59 Å². The number of nitrogens with one attached hydrogen (secondary N) is 1. The molecule has 0 aliphatic heterocycles. The van der Waals surface area contributed by atoms with Gasteiger partial charge in [-0.1, -0.05) is 12.1 Å². The molecule has 0 spiro atoms. The van der Waals surface area contributed by atoms with Crippen LogP contribution >= 0.6 is 0 Å². The number of carboxylic acid groups (broad SMARTS) is 1. The van der Waals surface area contributed by atoms with E-state index in [0.717, 1.165) is 12.0 Å². The molecular weight excluding hydrogens is 237 g/mol. The molecule has 1 fully saturated rings. The van der Waals surface area contributed by atoms with Crippen LogP contribution in [-0.2, 0) is 9.59 Å². The Morgan fingerprint density at radius 3 is 2.83 bits per heavy atom. The van der Waals surface area contributed by atoms with E-state index >= 15 is 0 Å². The molecule has 1 aliphatic rings. The Kier molecular flexibility index (Phi) is 3.32. The van der Waals surface area contributed by atoms with E-state index in [9.17, 15) is 14.0 Å². The molecule has 1 unspecified atom stereocenters. The maximum absolute atomic E-state index is 13.0. The molecule has 18 heavy (non-hydrogen) atoms. The van der Waals surface area contributed by atoms with Crippen LogP contribution in [0.4, 0.5) is 4.39 Å². The van der Waals surface area contributed by atoms with Crippen LogP contribution in [0.1, 0.15) is 24.8 Å². The van der Waals surface area contributed by atoms with E-state index in [-0.39, 0.29) is 17.8 Å². The van der Waals surface area contributed by atoms with E-state index in [2.05, 4.69) is 5.32 Å². The van der Waals surface area contributed by atoms with Gasteiger partial charge in [0.15, 0.2) is 0 Å².